The molecule has 2 aromatic rings. The van der Waals surface area contributed by atoms with E-state index in [2.05, 4.69) is 21.0 Å². The van der Waals surface area contributed by atoms with Crippen molar-refractivity contribution in [2.24, 2.45) is 0 Å². The summed E-state index contributed by atoms with van der Waals surface area (Å²) in [6.45, 7) is 1.93. The van der Waals surface area contributed by atoms with Gasteiger partial charge in [0.05, 0.1) is 0 Å². The van der Waals surface area contributed by atoms with Gasteiger partial charge in [-0.3, -0.25) is 0 Å². The molecule has 84 valence electrons. The minimum Gasteiger partial charge on any atom is -0.245 e. The Balaban J connectivity index is 2.10. The zero-order valence-corrected chi connectivity index (χ0v) is 10.1. The van der Waals surface area contributed by atoms with E-state index in [4.69, 9.17) is 5.26 Å². The number of thioether (sulfide) groups is 1. The van der Waals surface area contributed by atoms with Crippen LogP contribution in [0.15, 0.2) is 35.7 Å². The first-order chi connectivity index (χ1) is 8.29. The first kappa shape index (κ1) is 11.6. The molecule has 5 heteroatoms. The normalized spacial score (nSPS) is 9.88. The zero-order chi connectivity index (χ0) is 12.1. The van der Waals surface area contributed by atoms with E-state index >= 15 is 0 Å². The summed E-state index contributed by atoms with van der Waals surface area (Å²) in [7, 11) is 0. The van der Waals surface area contributed by atoms with Gasteiger partial charge in [-0.05, 0) is 24.6 Å². The van der Waals surface area contributed by atoms with E-state index in [-0.39, 0.29) is 0 Å². The van der Waals surface area contributed by atoms with Gasteiger partial charge < -0.3 is 0 Å². The first-order valence-electron chi connectivity index (χ1n) is 5.06. The largest absolute Gasteiger partial charge is 0.245 e. The molecular weight excluding hydrogens is 232 g/mol. The van der Waals surface area contributed by atoms with Gasteiger partial charge in [0.25, 0.3) is 0 Å². The van der Waals surface area contributed by atoms with Crippen LogP contribution in [0.2, 0.25) is 0 Å². The maximum absolute atomic E-state index is 8.91. The Bertz CT molecular complexity index is 562. The molecule has 4 nitrogen and oxygen atoms in total. The summed E-state index contributed by atoms with van der Waals surface area (Å²) in [6.07, 6.45) is 3.36. The highest BCUT2D eigenvalue weighted by Crippen LogP contribution is 2.20. The summed E-state index contributed by atoms with van der Waals surface area (Å²) >= 11 is 1.50. The van der Waals surface area contributed by atoms with Crippen molar-refractivity contribution in [1.82, 2.24) is 15.0 Å². The Morgan fingerprint density at radius 2 is 2.18 bits per heavy atom. The molecule has 0 aliphatic heterocycles. The van der Waals surface area contributed by atoms with Crippen molar-refractivity contribution < 1.29 is 0 Å². The fraction of sp³-hybridized carbons (Fsp3) is 0.167. The fourth-order valence-corrected chi connectivity index (χ4v) is 2.15. The smallest absolute Gasteiger partial charge is 0.188 e. The third-order valence-electron chi connectivity index (χ3n) is 2.13. The SMILES string of the molecule is Cc1ccnc(SCc2cccnc2C#N)n1. The lowest BCUT2D eigenvalue weighted by atomic mass is 10.2. The number of nitriles is 1. The molecule has 2 heterocycles. The summed E-state index contributed by atoms with van der Waals surface area (Å²) in [4.78, 5) is 12.5. The third kappa shape index (κ3) is 3.02. The van der Waals surface area contributed by atoms with Crippen molar-refractivity contribution in [1.29, 1.82) is 5.26 Å². The number of hydrogen-bond acceptors (Lipinski definition) is 5. The molecule has 17 heavy (non-hydrogen) atoms. The van der Waals surface area contributed by atoms with Gasteiger partial charge in [-0.1, -0.05) is 17.8 Å². The number of hydrogen-bond donors (Lipinski definition) is 0. The molecule has 0 radical (unpaired) electrons. The van der Waals surface area contributed by atoms with Crippen molar-refractivity contribution >= 4 is 11.8 Å². The van der Waals surface area contributed by atoms with Crippen LogP contribution in [0.4, 0.5) is 0 Å². The van der Waals surface area contributed by atoms with Crippen molar-refractivity contribution in [3.05, 3.63) is 47.5 Å². The monoisotopic (exact) mass is 242 g/mol. The summed E-state index contributed by atoms with van der Waals surface area (Å²) in [5.74, 6) is 0.653. The van der Waals surface area contributed by atoms with Crippen molar-refractivity contribution in [3.8, 4) is 6.07 Å². The fourth-order valence-electron chi connectivity index (χ4n) is 1.29. The second-order valence-electron chi connectivity index (χ2n) is 3.39. The number of nitrogens with zero attached hydrogens (tertiary/aromatic N) is 4. The standard InChI is InChI=1S/C12H10N4S/c1-9-4-6-15-12(16-9)17-8-10-3-2-5-14-11(10)7-13/h2-6H,8H2,1H3. The van der Waals surface area contributed by atoms with E-state index in [0.29, 0.717) is 11.4 Å². The van der Waals surface area contributed by atoms with Gasteiger partial charge in [-0.25, -0.2) is 15.0 Å². The third-order valence-corrected chi connectivity index (χ3v) is 3.04. The maximum atomic E-state index is 8.91. The minimum absolute atomic E-state index is 0.465. The Labute approximate surface area is 104 Å². The number of aromatic nitrogens is 3. The molecule has 0 aromatic carbocycles. The highest BCUT2D eigenvalue weighted by molar-refractivity contribution is 7.98. The summed E-state index contributed by atoms with van der Waals surface area (Å²) in [5, 5.41) is 9.63. The molecule has 0 aliphatic rings. The first-order valence-corrected chi connectivity index (χ1v) is 6.04. The molecule has 0 aliphatic carbocycles. The molecule has 0 unspecified atom stereocenters. The molecule has 0 amide bonds. The van der Waals surface area contributed by atoms with Gasteiger partial charge in [0.15, 0.2) is 5.16 Å². The lowest BCUT2D eigenvalue weighted by Gasteiger charge is -2.02. The second kappa shape index (κ2) is 5.41. The van der Waals surface area contributed by atoms with Crippen LogP contribution in [0.5, 0.6) is 0 Å². The predicted molar refractivity (Wildman–Crippen MR) is 65.3 cm³/mol. The Morgan fingerprint density at radius 3 is 2.94 bits per heavy atom. The summed E-state index contributed by atoms with van der Waals surface area (Å²) in [6, 6.07) is 7.66. The zero-order valence-electron chi connectivity index (χ0n) is 9.29. The number of rotatable bonds is 3. The van der Waals surface area contributed by atoms with E-state index in [9.17, 15) is 0 Å². The van der Waals surface area contributed by atoms with Crippen LogP contribution in [-0.2, 0) is 5.75 Å². The van der Waals surface area contributed by atoms with Gasteiger partial charge in [-0.15, -0.1) is 0 Å². The lowest BCUT2D eigenvalue weighted by molar-refractivity contribution is 0.931. The molecule has 0 fully saturated rings. The van der Waals surface area contributed by atoms with E-state index in [1.54, 1.807) is 12.4 Å². The van der Waals surface area contributed by atoms with E-state index in [1.165, 1.54) is 11.8 Å². The van der Waals surface area contributed by atoms with E-state index in [0.717, 1.165) is 16.4 Å². The molecule has 0 N–H and O–H groups in total. The van der Waals surface area contributed by atoms with E-state index in [1.807, 2.05) is 25.1 Å². The van der Waals surface area contributed by atoms with Crippen LogP contribution >= 0.6 is 11.8 Å². The second-order valence-corrected chi connectivity index (χ2v) is 4.33. The molecular formula is C12H10N4S. The molecule has 2 aromatic heterocycles. The molecule has 0 bridgehead atoms. The van der Waals surface area contributed by atoms with Crippen LogP contribution in [0, 0.1) is 18.3 Å². The van der Waals surface area contributed by atoms with Gasteiger partial charge in [0.2, 0.25) is 0 Å². The quantitative estimate of drug-likeness (QED) is 0.610. The van der Waals surface area contributed by atoms with Crippen LogP contribution < -0.4 is 0 Å². The molecule has 0 saturated carbocycles. The average molecular weight is 242 g/mol. The van der Waals surface area contributed by atoms with E-state index < -0.39 is 0 Å². The van der Waals surface area contributed by atoms with Gasteiger partial charge >= 0.3 is 0 Å². The minimum atomic E-state index is 0.465. The molecule has 2 rings (SSSR count). The van der Waals surface area contributed by atoms with Gasteiger partial charge in [0, 0.05) is 23.8 Å². The summed E-state index contributed by atoms with van der Waals surface area (Å²) < 4.78 is 0. The topological polar surface area (TPSA) is 62.5 Å². The van der Waals surface area contributed by atoms with Crippen LogP contribution in [0.3, 0.4) is 0 Å². The molecule has 0 spiro atoms. The Kier molecular flexibility index (Phi) is 3.68. The Morgan fingerprint density at radius 1 is 1.29 bits per heavy atom. The van der Waals surface area contributed by atoms with Gasteiger partial charge in [0.1, 0.15) is 11.8 Å². The highest BCUT2D eigenvalue weighted by Gasteiger charge is 2.04. The predicted octanol–water partition coefficient (Wildman–Crippen LogP) is 2.34. The average Bonchev–Trinajstić information content (AvgIpc) is 2.37. The van der Waals surface area contributed by atoms with Crippen LogP contribution in [0.25, 0.3) is 0 Å². The number of pyridine rings is 1. The molecule has 0 atom stereocenters. The van der Waals surface area contributed by atoms with Crippen molar-refractivity contribution in [3.63, 3.8) is 0 Å². The van der Waals surface area contributed by atoms with Crippen molar-refractivity contribution in [2.75, 3.05) is 0 Å². The molecule has 0 saturated heterocycles. The number of aryl methyl sites for hydroxylation is 1. The van der Waals surface area contributed by atoms with Crippen LogP contribution in [0.1, 0.15) is 17.0 Å². The Hall–Kier alpha value is -1.93. The van der Waals surface area contributed by atoms with Gasteiger partial charge in [-0.2, -0.15) is 5.26 Å². The summed E-state index contributed by atoms with van der Waals surface area (Å²) in [5.41, 5.74) is 2.31. The lowest BCUT2D eigenvalue weighted by Crippen LogP contribution is -1.93. The van der Waals surface area contributed by atoms with Crippen LogP contribution in [-0.4, -0.2) is 15.0 Å². The maximum Gasteiger partial charge on any atom is 0.188 e. The highest BCUT2D eigenvalue weighted by atomic mass is 32.2. The van der Waals surface area contributed by atoms with Crippen molar-refractivity contribution in [2.45, 2.75) is 17.8 Å².